The molecule has 2 aromatic rings. The highest BCUT2D eigenvalue weighted by Gasteiger charge is 2.18. The summed E-state index contributed by atoms with van der Waals surface area (Å²) in [5, 5.41) is 10.2. The molecule has 0 radical (unpaired) electrons. The fourth-order valence-corrected chi connectivity index (χ4v) is 2.90. The Kier molecular flexibility index (Phi) is 7.19. The van der Waals surface area contributed by atoms with Gasteiger partial charge in [0.05, 0.1) is 6.54 Å². The highest BCUT2D eigenvalue weighted by molar-refractivity contribution is 14.0. The first-order valence-corrected chi connectivity index (χ1v) is 8.33. The second-order valence-corrected chi connectivity index (χ2v) is 6.23. The molecule has 1 heterocycles. The van der Waals surface area contributed by atoms with Crippen LogP contribution in [-0.2, 0) is 6.54 Å². The number of halogens is 2. The van der Waals surface area contributed by atoms with Crippen LogP contribution >= 0.6 is 35.6 Å². The molecule has 5 nitrogen and oxygen atoms in total. The van der Waals surface area contributed by atoms with Gasteiger partial charge in [-0.3, -0.25) is 0 Å². The van der Waals surface area contributed by atoms with Crippen LogP contribution in [0.1, 0.15) is 5.56 Å². The van der Waals surface area contributed by atoms with Gasteiger partial charge in [0, 0.05) is 36.9 Å². The fraction of sp³-hybridized carbons (Fsp3) is 0.278. The summed E-state index contributed by atoms with van der Waals surface area (Å²) >= 11 is 5.94. The number of piperazine rings is 1. The van der Waals surface area contributed by atoms with E-state index in [4.69, 9.17) is 17.3 Å². The number of benzene rings is 2. The molecule has 3 N–H and O–H groups in total. The minimum atomic E-state index is 0. The average Bonchev–Trinajstić information content (AvgIpc) is 2.61. The van der Waals surface area contributed by atoms with Crippen molar-refractivity contribution in [2.24, 2.45) is 10.7 Å². The van der Waals surface area contributed by atoms with Crippen molar-refractivity contribution in [1.29, 1.82) is 0 Å². The lowest BCUT2D eigenvalue weighted by molar-refractivity contribution is 0.380. The molecule has 3 rings (SSSR count). The normalized spacial score (nSPS) is 15.0. The Morgan fingerprint density at radius 3 is 2.40 bits per heavy atom. The smallest absolute Gasteiger partial charge is 0.191 e. The molecule has 0 spiro atoms. The second kappa shape index (κ2) is 9.15. The van der Waals surface area contributed by atoms with Gasteiger partial charge in [0.25, 0.3) is 0 Å². The summed E-state index contributed by atoms with van der Waals surface area (Å²) in [4.78, 5) is 8.85. The lowest BCUT2D eigenvalue weighted by Crippen LogP contribution is -2.51. The Hall–Kier alpha value is -1.67. The Bertz CT molecular complexity index is 715. The molecule has 2 aromatic carbocycles. The maximum absolute atomic E-state index is 9.48. The van der Waals surface area contributed by atoms with E-state index in [1.165, 1.54) is 5.69 Å². The molecular weight excluding hydrogens is 451 g/mol. The third-order valence-electron chi connectivity index (χ3n) is 4.13. The zero-order valence-electron chi connectivity index (χ0n) is 13.8. The van der Waals surface area contributed by atoms with Crippen LogP contribution in [0.25, 0.3) is 0 Å². The van der Waals surface area contributed by atoms with E-state index in [2.05, 4.69) is 14.8 Å². The Morgan fingerprint density at radius 1 is 1.08 bits per heavy atom. The molecule has 0 amide bonds. The molecule has 134 valence electrons. The predicted octanol–water partition coefficient (Wildman–Crippen LogP) is 3.30. The van der Waals surface area contributed by atoms with E-state index in [0.717, 1.165) is 36.8 Å². The van der Waals surface area contributed by atoms with Gasteiger partial charge in [-0.25, -0.2) is 4.99 Å². The topological polar surface area (TPSA) is 65.1 Å². The Labute approximate surface area is 170 Å². The van der Waals surface area contributed by atoms with E-state index in [-0.39, 0.29) is 29.7 Å². The molecule has 0 bridgehead atoms. The molecule has 0 atom stereocenters. The molecule has 1 saturated heterocycles. The van der Waals surface area contributed by atoms with Crippen molar-refractivity contribution in [2.75, 3.05) is 31.1 Å². The van der Waals surface area contributed by atoms with E-state index in [1.807, 2.05) is 30.3 Å². The van der Waals surface area contributed by atoms with E-state index in [0.29, 0.717) is 12.5 Å². The maximum atomic E-state index is 9.48. The number of aliphatic imine (C=N–C) groups is 1. The first-order chi connectivity index (χ1) is 11.6. The quantitative estimate of drug-likeness (QED) is 0.409. The van der Waals surface area contributed by atoms with Crippen LogP contribution in [0.15, 0.2) is 53.5 Å². The number of rotatable bonds is 3. The first-order valence-electron chi connectivity index (χ1n) is 7.95. The van der Waals surface area contributed by atoms with Gasteiger partial charge in [0.1, 0.15) is 5.75 Å². The summed E-state index contributed by atoms with van der Waals surface area (Å²) in [5.74, 6) is 0.798. The molecule has 0 aliphatic carbocycles. The van der Waals surface area contributed by atoms with Crippen LogP contribution in [0, 0.1) is 0 Å². The predicted molar refractivity (Wildman–Crippen MR) is 114 cm³/mol. The summed E-state index contributed by atoms with van der Waals surface area (Å²) in [6.07, 6.45) is 0. The number of phenolic OH excluding ortho intramolecular Hbond substituents is 1. The zero-order chi connectivity index (χ0) is 16.9. The minimum absolute atomic E-state index is 0. The van der Waals surface area contributed by atoms with Gasteiger partial charge >= 0.3 is 0 Å². The number of hydrogen-bond acceptors (Lipinski definition) is 3. The highest BCUT2D eigenvalue weighted by atomic mass is 127. The van der Waals surface area contributed by atoms with Crippen LogP contribution in [0.5, 0.6) is 5.75 Å². The number of nitrogens with zero attached hydrogens (tertiary/aromatic N) is 3. The number of aromatic hydroxyl groups is 1. The molecule has 0 aromatic heterocycles. The van der Waals surface area contributed by atoms with Crippen LogP contribution in [0.4, 0.5) is 5.69 Å². The van der Waals surface area contributed by atoms with Crippen LogP contribution < -0.4 is 10.6 Å². The Morgan fingerprint density at radius 2 is 1.76 bits per heavy atom. The molecule has 1 aliphatic heterocycles. The van der Waals surface area contributed by atoms with Gasteiger partial charge < -0.3 is 20.6 Å². The summed E-state index contributed by atoms with van der Waals surface area (Å²) in [6.45, 7) is 3.92. The molecule has 1 aliphatic rings. The third-order valence-corrected chi connectivity index (χ3v) is 4.38. The van der Waals surface area contributed by atoms with Crippen molar-refractivity contribution in [3.63, 3.8) is 0 Å². The third kappa shape index (κ3) is 5.40. The fourth-order valence-electron chi connectivity index (χ4n) is 2.77. The van der Waals surface area contributed by atoms with Crippen molar-refractivity contribution >= 4 is 47.2 Å². The average molecular weight is 473 g/mol. The van der Waals surface area contributed by atoms with Gasteiger partial charge in [-0.2, -0.15) is 0 Å². The van der Waals surface area contributed by atoms with Crippen molar-refractivity contribution in [3.8, 4) is 5.75 Å². The lowest BCUT2D eigenvalue weighted by atomic mass is 10.2. The number of anilines is 1. The van der Waals surface area contributed by atoms with Crippen molar-refractivity contribution in [3.05, 3.63) is 59.1 Å². The van der Waals surface area contributed by atoms with Crippen LogP contribution in [0.2, 0.25) is 5.02 Å². The summed E-state index contributed by atoms with van der Waals surface area (Å²) in [7, 11) is 0. The molecule has 7 heteroatoms. The largest absolute Gasteiger partial charge is 0.508 e. The highest BCUT2D eigenvalue weighted by Crippen LogP contribution is 2.19. The number of phenols is 1. The summed E-state index contributed by atoms with van der Waals surface area (Å²) < 4.78 is 0. The van der Waals surface area contributed by atoms with E-state index in [9.17, 15) is 5.11 Å². The number of nitrogens with two attached hydrogens (primary N) is 1. The van der Waals surface area contributed by atoms with Gasteiger partial charge in [0.2, 0.25) is 0 Å². The van der Waals surface area contributed by atoms with Gasteiger partial charge in [-0.05, 0) is 42.0 Å². The van der Waals surface area contributed by atoms with Gasteiger partial charge in [0.15, 0.2) is 5.96 Å². The number of guanidine groups is 1. The maximum Gasteiger partial charge on any atom is 0.191 e. The van der Waals surface area contributed by atoms with Crippen molar-refractivity contribution in [1.82, 2.24) is 4.90 Å². The minimum Gasteiger partial charge on any atom is -0.508 e. The Balaban J connectivity index is 0.00000225. The molecule has 0 unspecified atom stereocenters. The van der Waals surface area contributed by atoms with Crippen molar-refractivity contribution < 1.29 is 5.11 Å². The standard InChI is InChI=1S/C18H21ClN4O.HI/c19-15-4-6-16(7-5-15)22-8-10-23(11-9-22)18(20)21-13-14-2-1-3-17(24)12-14;/h1-7,12,24H,8-11,13H2,(H2,20,21);1H. The van der Waals surface area contributed by atoms with E-state index < -0.39 is 0 Å². The van der Waals surface area contributed by atoms with E-state index >= 15 is 0 Å². The molecular formula is C18H22ClIN4O. The summed E-state index contributed by atoms with van der Waals surface area (Å²) in [5.41, 5.74) is 8.23. The van der Waals surface area contributed by atoms with Crippen LogP contribution in [0.3, 0.4) is 0 Å². The van der Waals surface area contributed by atoms with Gasteiger partial charge in [-0.1, -0.05) is 23.7 Å². The second-order valence-electron chi connectivity index (χ2n) is 5.79. The monoisotopic (exact) mass is 472 g/mol. The number of hydrogen-bond donors (Lipinski definition) is 2. The van der Waals surface area contributed by atoms with Crippen molar-refractivity contribution in [2.45, 2.75) is 6.54 Å². The first kappa shape index (κ1) is 19.7. The van der Waals surface area contributed by atoms with E-state index in [1.54, 1.807) is 18.2 Å². The zero-order valence-corrected chi connectivity index (χ0v) is 16.9. The van der Waals surface area contributed by atoms with Gasteiger partial charge in [-0.15, -0.1) is 24.0 Å². The lowest BCUT2D eigenvalue weighted by Gasteiger charge is -2.36. The summed E-state index contributed by atoms with van der Waals surface area (Å²) in [6, 6.07) is 15.0. The molecule has 1 fully saturated rings. The molecule has 25 heavy (non-hydrogen) atoms. The SMILES string of the molecule is I.NC(=NCc1cccc(O)c1)N1CCN(c2ccc(Cl)cc2)CC1. The molecule has 0 saturated carbocycles. The van der Waals surface area contributed by atoms with Crippen LogP contribution in [-0.4, -0.2) is 42.1 Å².